The van der Waals surface area contributed by atoms with Crippen LogP contribution < -0.4 is 14.9 Å². The average molecular weight is 581 g/mol. The zero-order chi connectivity index (χ0) is 29.8. The number of rotatable bonds is 7. The van der Waals surface area contributed by atoms with Gasteiger partial charge in [-0.1, -0.05) is 0 Å². The minimum absolute atomic E-state index is 0.0337. The number of aromatic hydroxyl groups is 1. The lowest BCUT2D eigenvalue weighted by molar-refractivity contribution is -0.289. The predicted octanol–water partition coefficient (Wildman–Crippen LogP) is -1.08. The summed E-state index contributed by atoms with van der Waals surface area (Å²) in [4.78, 5) is 12.7. The molecule has 0 aliphatic carbocycles. The highest BCUT2D eigenvalue weighted by Crippen LogP contribution is 2.45. The summed E-state index contributed by atoms with van der Waals surface area (Å²) in [5, 5.41) is 73.1. The van der Waals surface area contributed by atoms with E-state index in [9.17, 15) is 40.5 Å². The van der Waals surface area contributed by atoms with Crippen molar-refractivity contribution in [3.8, 4) is 17.2 Å². The third-order valence-corrected chi connectivity index (χ3v) is 7.50. The van der Waals surface area contributed by atoms with Gasteiger partial charge in [0.25, 0.3) is 0 Å². The normalized spacial score (nSPS) is 32.1. The molecular weight excluding hydrogens is 548 g/mol. The maximum atomic E-state index is 12.7. The van der Waals surface area contributed by atoms with Crippen LogP contribution in [0.25, 0.3) is 21.7 Å². The molecule has 0 radical (unpaired) electrons. The quantitative estimate of drug-likeness (QED) is 0.165. The molecule has 0 unspecified atom stereocenters. The lowest BCUT2D eigenvalue weighted by Gasteiger charge is -2.40. The molecule has 2 fully saturated rings. The monoisotopic (exact) mass is 580 g/mol. The molecule has 0 amide bonds. The van der Waals surface area contributed by atoms with E-state index in [4.69, 9.17) is 28.1 Å². The molecular formula is C27H32O14. The van der Waals surface area contributed by atoms with Crippen molar-refractivity contribution < 1.29 is 63.8 Å². The number of ether oxygens (including phenoxy) is 5. The first-order valence-electron chi connectivity index (χ1n) is 12.8. The highest BCUT2D eigenvalue weighted by molar-refractivity contribution is 6.07. The molecule has 5 rings (SSSR count). The Labute approximate surface area is 232 Å². The van der Waals surface area contributed by atoms with E-state index in [1.165, 1.54) is 19.2 Å². The van der Waals surface area contributed by atoms with E-state index in [1.807, 2.05) is 0 Å². The minimum atomic E-state index is -1.94. The number of fused-ring (bicyclic) bond motifs is 2. The van der Waals surface area contributed by atoms with Crippen molar-refractivity contribution in [3.05, 3.63) is 39.7 Å². The van der Waals surface area contributed by atoms with Gasteiger partial charge in [-0.05, 0) is 31.4 Å². The zero-order valence-electron chi connectivity index (χ0n) is 22.4. The summed E-state index contributed by atoms with van der Waals surface area (Å²) in [6, 6.07) is 4.36. The molecule has 41 heavy (non-hydrogen) atoms. The Morgan fingerprint density at radius 1 is 1.02 bits per heavy atom. The molecule has 224 valence electrons. The van der Waals surface area contributed by atoms with Gasteiger partial charge in [0.1, 0.15) is 70.1 Å². The van der Waals surface area contributed by atoms with E-state index < -0.39 is 79.7 Å². The van der Waals surface area contributed by atoms with Crippen LogP contribution in [0, 0.1) is 13.8 Å². The molecule has 0 spiro atoms. The van der Waals surface area contributed by atoms with Crippen molar-refractivity contribution >= 4 is 21.7 Å². The molecule has 2 saturated heterocycles. The Morgan fingerprint density at radius 3 is 2.41 bits per heavy atom. The number of benzene rings is 2. The number of phenols is 1. The van der Waals surface area contributed by atoms with Crippen LogP contribution in [0.1, 0.15) is 11.3 Å². The largest absolute Gasteiger partial charge is 0.506 e. The summed E-state index contributed by atoms with van der Waals surface area (Å²) in [7, 11) is 1.42. The van der Waals surface area contributed by atoms with E-state index >= 15 is 0 Å². The molecule has 2 aliphatic rings. The lowest BCUT2D eigenvalue weighted by Crippen LogP contribution is -2.60. The van der Waals surface area contributed by atoms with Gasteiger partial charge in [-0.25, -0.2) is 0 Å². The Hall–Kier alpha value is -3.05. The Kier molecular flexibility index (Phi) is 7.88. The lowest BCUT2D eigenvalue weighted by atomic mass is 9.98. The number of hydrogen-bond acceptors (Lipinski definition) is 14. The van der Waals surface area contributed by atoms with E-state index in [2.05, 4.69) is 0 Å². The smallest absolute Gasteiger partial charge is 0.229 e. The number of aliphatic hydroxyl groups is 6. The van der Waals surface area contributed by atoms with Crippen molar-refractivity contribution in [2.45, 2.75) is 62.5 Å². The van der Waals surface area contributed by atoms with Crippen molar-refractivity contribution in [1.82, 2.24) is 0 Å². The first kappa shape index (κ1) is 29.4. The van der Waals surface area contributed by atoms with Gasteiger partial charge in [-0.15, -0.1) is 0 Å². The average Bonchev–Trinajstić information content (AvgIpc) is 3.22. The van der Waals surface area contributed by atoms with Crippen LogP contribution >= 0.6 is 0 Å². The maximum absolute atomic E-state index is 12.7. The van der Waals surface area contributed by atoms with Gasteiger partial charge in [0, 0.05) is 11.6 Å². The van der Waals surface area contributed by atoms with E-state index in [1.54, 1.807) is 19.9 Å². The van der Waals surface area contributed by atoms with Gasteiger partial charge < -0.3 is 63.8 Å². The van der Waals surface area contributed by atoms with Crippen molar-refractivity contribution in [2.24, 2.45) is 0 Å². The second-order valence-corrected chi connectivity index (χ2v) is 10.3. The standard InChI is InChI=1S/C27H32O14/c1-10-4-13(29)18-15(39-10)6-12-5-14(36-3)11(2)23(17(12)20(18)31)41-25-22(33)21(32)19(30)16(40-25)7-37-26-24(34)27(35,8-28)9-38-26/h4-6,16,19,21-22,24-26,28,30-35H,7-9H2,1-3H3/t16-,19-,21+,22-,24+,25+,26-,27-/m1/s1. The summed E-state index contributed by atoms with van der Waals surface area (Å²) < 4.78 is 33.5. The Morgan fingerprint density at radius 2 is 1.76 bits per heavy atom. The number of aliphatic hydroxyl groups excluding tert-OH is 5. The molecule has 3 heterocycles. The second-order valence-electron chi connectivity index (χ2n) is 10.3. The third kappa shape index (κ3) is 5.01. The van der Waals surface area contributed by atoms with Gasteiger partial charge in [-0.2, -0.15) is 0 Å². The summed E-state index contributed by atoms with van der Waals surface area (Å²) in [6.45, 7) is 1.53. The first-order valence-corrected chi connectivity index (χ1v) is 12.8. The number of phenolic OH excluding ortho intramolecular Hbond substituents is 1. The van der Waals surface area contributed by atoms with E-state index in [0.29, 0.717) is 22.5 Å². The van der Waals surface area contributed by atoms with Crippen LogP contribution in [-0.2, 0) is 14.2 Å². The molecule has 14 nitrogen and oxygen atoms in total. The van der Waals surface area contributed by atoms with Crippen LogP contribution in [0.3, 0.4) is 0 Å². The molecule has 2 aromatic carbocycles. The maximum Gasteiger partial charge on any atom is 0.229 e. The van der Waals surface area contributed by atoms with Crippen LogP contribution in [0.2, 0.25) is 0 Å². The van der Waals surface area contributed by atoms with Gasteiger partial charge in [-0.3, -0.25) is 4.79 Å². The van der Waals surface area contributed by atoms with Crippen LogP contribution in [0.15, 0.2) is 27.4 Å². The molecule has 1 aromatic heterocycles. The minimum Gasteiger partial charge on any atom is -0.506 e. The molecule has 0 bridgehead atoms. The number of hydrogen-bond donors (Lipinski definition) is 7. The van der Waals surface area contributed by atoms with Gasteiger partial charge >= 0.3 is 0 Å². The van der Waals surface area contributed by atoms with Crippen LogP contribution in [-0.4, -0.2) is 111 Å². The molecule has 0 saturated carbocycles. The summed E-state index contributed by atoms with van der Waals surface area (Å²) in [5.41, 5.74) is -1.94. The Bertz CT molecular complexity index is 1500. The predicted molar refractivity (Wildman–Crippen MR) is 139 cm³/mol. The van der Waals surface area contributed by atoms with Crippen LogP contribution in [0.5, 0.6) is 17.2 Å². The fraction of sp³-hybridized carbons (Fsp3) is 0.519. The fourth-order valence-electron chi connectivity index (χ4n) is 5.10. The zero-order valence-corrected chi connectivity index (χ0v) is 22.4. The molecule has 2 aliphatic heterocycles. The second kappa shape index (κ2) is 11.0. The summed E-state index contributed by atoms with van der Waals surface area (Å²) in [5.74, 6) is 0.193. The van der Waals surface area contributed by atoms with Gasteiger partial charge in [0.2, 0.25) is 6.29 Å². The topological polar surface area (TPSA) is 218 Å². The highest BCUT2D eigenvalue weighted by Gasteiger charge is 2.50. The highest BCUT2D eigenvalue weighted by atomic mass is 16.7. The SMILES string of the molecule is COc1cc2cc3oc(C)cc(=O)c3c(O)c2c(O[C@@H]2O[C@H](CO[C@@H]3OC[C@](O)(CO)[C@H]3O)[C@@H](O)[C@H](O)[C@H]2O)c1C. The first-order chi connectivity index (χ1) is 19.4. The molecule has 8 atom stereocenters. The van der Waals surface area contributed by atoms with Crippen molar-refractivity contribution in [1.29, 1.82) is 0 Å². The molecule has 3 aromatic rings. The molecule has 14 heteroatoms. The van der Waals surface area contributed by atoms with E-state index in [0.717, 1.165) is 0 Å². The van der Waals surface area contributed by atoms with Gasteiger partial charge in [0.05, 0.1) is 32.3 Å². The third-order valence-electron chi connectivity index (χ3n) is 7.50. The van der Waals surface area contributed by atoms with Crippen molar-refractivity contribution in [3.63, 3.8) is 0 Å². The Balaban J connectivity index is 1.49. The number of methoxy groups -OCH3 is 1. The number of aryl methyl sites for hydroxylation is 1. The summed E-state index contributed by atoms with van der Waals surface area (Å²) >= 11 is 0. The molecule has 7 N–H and O–H groups in total. The van der Waals surface area contributed by atoms with E-state index in [-0.39, 0.29) is 22.1 Å². The van der Waals surface area contributed by atoms with Crippen LogP contribution in [0.4, 0.5) is 0 Å². The van der Waals surface area contributed by atoms with Gasteiger partial charge in [0.15, 0.2) is 11.7 Å². The fourth-order valence-corrected chi connectivity index (χ4v) is 5.10. The summed E-state index contributed by atoms with van der Waals surface area (Å²) in [6.07, 6.45) is -11.1. The van der Waals surface area contributed by atoms with Crippen molar-refractivity contribution in [2.75, 3.05) is 26.9 Å².